The van der Waals surface area contributed by atoms with Crippen LogP contribution in [0.2, 0.25) is 0 Å². The van der Waals surface area contributed by atoms with Gasteiger partial charge in [0.2, 0.25) is 0 Å². The number of benzene rings is 1. The number of rotatable bonds is 3. The van der Waals surface area contributed by atoms with Gasteiger partial charge in [-0.05, 0) is 11.5 Å². The molecule has 1 atom stereocenters. The zero-order valence-electron chi connectivity index (χ0n) is 8.46. The summed E-state index contributed by atoms with van der Waals surface area (Å²) in [7, 11) is -1.53. The number of carboxylic acid groups (broad SMARTS) is 1. The van der Waals surface area contributed by atoms with Crippen molar-refractivity contribution in [1.82, 2.24) is 0 Å². The van der Waals surface area contributed by atoms with Crippen molar-refractivity contribution in [2.75, 3.05) is 6.61 Å². The number of fused-ring (bicyclic) bond motifs is 1. The van der Waals surface area contributed by atoms with Crippen molar-refractivity contribution < 1.29 is 24.7 Å². The first-order valence-electron chi connectivity index (χ1n) is 4.92. The molecule has 0 spiro atoms. The van der Waals surface area contributed by atoms with Crippen molar-refractivity contribution in [3.05, 3.63) is 23.8 Å². The lowest BCUT2D eigenvalue weighted by Gasteiger charge is -2.05. The van der Waals surface area contributed by atoms with Crippen molar-refractivity contribution >= 4 is 18.6 Å². The first kappa shape index (κ1) is 11.0. The zero-order chi connectivity index (χ0) is 11.7. The van der Waals surface area contributed by atoms with Gasteiger partial charge in [-0.3, -0.25) is 4.79 Å². The number of ether oxygens (including phenoxy) is 1. The number of carboxylic acids is 1. The van der Waals surface area contributed by atoms with E-state index < -0.39 is 13.1 Å². The summed E-state index contributed by atoms with van der Waals surface area (Å²) in [5, 5.41) is 26.7. The molecule has 3 N–H and O–H groups in total. The Morgan fingerprint density at radius 1 is 1.50 bits per heavy atom. The van der Waals surface area contributed by atoms with Gasteiger partial charge in [0.25, 0.3) is 0 Å². The van der Waals surface area contributed by atoms with E-state index in [0.717, 1.165) is 5.56 Å². The molecule has 1 aromatic rings. The average Bonchev–Trinajstić information content (AvgIpc) is 2.60. The zero-order valence-corrected chi connectivity index (χ0v) is 8.46. The minimum absolute atomic E-state index is 0.0219. The fourth-order valence-corrected chi connectivity index (χ4v) is 1.83. The van der Waals surface area contributed by atoms with E-state index in [4.69, 9.17) is 19.9 Å². The average molecular weight is 222 g/mol. The minimum atomic E-state index is -1.53. The summed E-state index contributed by atoms with van der Waals surface area (Å²) >= 11 is 0. The molecule has 0 bridgehead atoms. The number of hydrogen-bond donors (Lipinski definition) is 3. The number of hydrogen-bond acceptors (Lipinski definition) is 4. The predicted molar refractivity (Wildman–Crippen MR) is 56.8 cm³/mol. The molecular weight excluding hydrogens is 211 g/mol. The monoisotopic (exact) mass is 222 g/mol. The van der Waals surface area contributed by atoms with E-state index in [1.54, 1.807) is 12.1 Å². The van der Waals surface area contributed by atoms with E-state index in [1.165, 1.54) is 6.07 Å². The standard InChI is InChI=1S/C10H11BO5/c12-10(13)3-6-5-16-9-4-7(11(14)15)1-2-8(6)9/h1-2,4,6,14-15H,3,5H2,(H,12,13)/t6-/m0/s1. The molecule has 0 saturated heterocycles. The quantitative estimate of drug-likeness (QED) is 0.589. The molecule has 5 nitrogen and oxygen atoms in total. The van der Waals surface area contributed by atoms with Gasteiger partial charge in [-0.1, -0.05) is 12.1 Å². The molecule has 0 aliphatic carbocycles. The van der Waals surface area contributed by atoms with Gasteiger partial charge < -0.3 is 19.9 Å². The predicted octanol–water partition coefficient (Wildman–Crippen LogP) is -0.683. The van der Waals surface area contributed by atoms with Crippen molar-refractivity contribution in [2.24, 2.45) is 0 Å². The first-order chi connectivity index (χ1) is 7.58. The number of carbonyl (C=O) groups is 1. The van der Waals surface area contributed by atoms with Crippen LogP contribution in [0.4, 0.5) is 0 Å². The number of aliphatic carboxylic acids is 1. The second-order valence-electron chi connectivity index (χ2n) is 3.78. The highest BCUT2D eigenvalue weighted by atomic mass is 16.5. The molecule has 0 amide bonds. The Balaban J connectivity index is 2.25. The SMILES string of the molecule is O=C(O)C[C@H]1COc2cc(B(O)O)ccc21. The molecule has 1 aliphatic rings. The van der Waals surface area contributed by atoms with E-state index in [0.29, 0.717) is 17.8 Å². The van der Waals surface area contributed by atoms with Crippen molar-refractivity contribution in [2.45, 2.75) is 12.3 Å². The second-order valence-corrected chi connectivity index (χ2v) is 3.78. The fraction of sp³-hybridized carbons (Fsp3) is 0.300. The lowest BCUT2D eigenvalue weighted by Crippen LogP contribution is -2.29. The van der Waals surface area contributed by atoms with Crippen LogP contribution in [0.5, 0.6) is 5.75 Å². The van der Waals surface area contributed by atoms with E-state index in [2.05, 4.69) is 0 Å². The van der Waals surface area contributed by atoms with Crippen LogP contribution in [0, 0.1) is 0 Å². The Kier molecular flexibility index (Phi) is 2.85. The van der Waals surface area contributed by atoms with Crippen molar-refractivity contribution in [1.29, 1.82) is 0 Å². The van der Waals surface area contributed by atoms with Crippen LogP contribution in [0.15, 0.2) is 18.2 Å². The van der Waals surface area contributed by atoms with Gasteiger partial charge in [0, 0.05) is 11.5 Å². The summed E-state index contributed by atoms with van der Waals surface area (Å²) in [5.41, 5.74) is 1.15. The maximum absolute atomic E-state index is 10.6. The maximum Gasteiger partial charge on any atom is 0.488 e. The van der Waals surface area contributed by atoms with Crippen LogP contribution < -0.4 is 10.2 Å². The summed E-state index contributed by atoms with van der Waals surface area (Å²) in [5.74, 6) is -0.484. The Labute approximate surface area is 92.4 Å². The molecular formula is C10H11BO5. The molecule has 0 aromatic heterocycles. The third kappa shape index (κ3) is 2.03. The van der Waals surface area contributed by atoms with Crippen LogP contribution in [-0.4, -0.2) is 34.8 Å². The van der Waals surface area contributed by atoms with Crippen LogP contribution >= 0.6 is 0 Å². The molecule has 1 aromatic carbocycles. The first-order valence-corrected chi connectivity index (χ1v) is 4.92. The molecule has 0 unspecified atom stereocenters. The molecule has 1 aliphatic heterocycles. The molecule has 16 heavy (non-hydrogen) atoms. The Morgan fingerprint density at radius 3 is 2.88 bits per heavy atom. The summed E-state index contributed by atoms with van der Waals surface area (Å²) in [6.45, 7) is 0.326. The molecule has 0 fully saturated rings. The van der Waals surface area contributed by atoms with E-state index >= 15 is 0 Å². The lowest BCUT2D eigenvalue weighted by molar-refractivity contribution is -0.137. The highest BCUT2D eigenvalue weighted by Crippen LogP contribution is 2.34. The van der Waals surface area contributed by atoms with Crippen molar-refractivity contribution in [3.63, 3.8) is 0 Å². The molecule has 0 radical (unpaired) electrons. The Bertz CT molecular complexity index is 418. The van der Waals surface area contributed by atoms with Gasteiger partial charge in [0.05, 0.1) is 13.0 Å². The lowest BCUT2D eigenvalue weighted by atomic mass is 9.79. The third-order valence-electron chi connectivity index (χ3n) is 2.64. The topological polar surface area (TPSA) is 87.0 Å². The molecule has 84 valence electrons. The van der Waals surface area contributed by atoms with Crippen LogP contribution in [0.1, 0.15) is 17.9 Å². The van der Waals surface area contributed by atoms with Gasteiger partial charge >= 0.3 is 13.1 Å². The minimum Gasteiger partial charge on any atom is -0.493 e. The van der Waals surface area contributed by atoms with Gasteiger partial charge in [-0.15, -0.1) is 0 Å². The van der Waals surface area contributed by atoms with E-state index in [9.17, 15) is 4.79 Å². The maximum atomic E-state index is 10.6. The summed E-state index contributed by atoms with van der Waals surface area (Å²) in [4.78, 5) is 10.6. The van der Waals surface area contributed by atoms with Crippen LogP contribution in [-0.2, 0) is 4.79 Å². The van der Waals surface area contributed by atoms with Crippen LogP contribution in [0.25, 0.3) is 0 Å². The third-order valence-corrected chi connectivity index (χ3v) is 2.64. The normalized spacial score (nSPS) is 17.8. The van der Waals surface area contributed by atoms with Crippen molar-refractivity contribution in [3.8, 4) is 5.75 Å². The summed E-state index contributed by atoms with van der Waals surface area (Å²) in [6.07, 6.45) is 0.0219. The molecule has 0 saturated carbocycles. The largest absolute Gasteiger partial charge is 0.493 e. The van der Waals surface area contributed by atoms with Gasteiger partial charge in [0.1, 0.15) is 5.75 Å². The fourth-order valence-electron chi connectivity index (χ4n) is 1.83. The van der Waals surface area contributed by atoms with Gasteiger partial charge in [0.15, 0.2) is 0 Å². The Hall–Kier alpha value is -1.53. The molecule has 2 rings (SSSR count). The van der Waals surface area contributed by atoms with E-state index in [1.807, 2.05) is 0 Å². The van der Waals surface area contributed by atoms with Gasteiger partial charge in [-0.2, -0.15) is 0 Å². The smallest absolute Gasteiger partial charge is 0.488 e. The highest BCUT2D eigenvalue weighted by molar-refractivity contribution is 6.58. The molecule has 6 heteroatoms. The van der Waals surface area contributed by atoms with Crippen LogP contribution in [0.3, 0.4) is 0 Å². The highest BCUT2D eigenvalue weighted by Gasteiger charge is 2.27. The van der Waals surface area contributed by atoms with E-state index in [-0.39, 0.29) is 12.3 Å². The Morgan fingerprint density at radius 2 is 2.25 bits per heavy atom. The summed E-state index contributed by atoms with van der Waals surface area (Å²) in [6, 6.07) is 4.78. The summed E-state index contributed by atoms with van der Waals surface area (Å²) < 4.78 is 5.32. The van der Waals surface area contributed by atoms with Gasteiger partial charge in [-0.25, -0.2) is 0 Å². The molecule has 1 heterocycles. The second kappa shape index (κ2) is 4.15.